The van der Waals surface area contributed by atoms with E-state index in [2.05, 4.69) is 15.6 Å². The van der Waals surface area contributed by atoms with Gasteiger partial charge in [-0.15, -0.1) is 0 Å². The molecule has 0 aliphatic rings. The molecule has 6 N–H and O–H groups in total. The van der Waals surface area contributed by atoms with E-state index in [1.54, 1.807) is 30.3 Å². The van der Waals surface area contributed by atoms with Gasteiger partial charge in [0.15, 0.2) is 5.96 Å². The van der Waals surface area contributed by atoms with Gasteiger partial charge in [-0.2, -0.15) is 0 Å². The Labute approximate surface area is 167 Å². The number of nitrogens with one attached hydrogen (secondary N) is 2. The Kier molecular flexibility index (Phi) is 7.66. The fourth-order valence-electron chi connectivity index (χ4n) is 2.49. The Balaban J connectivity index is 2.06. The molecule has 0 radical (unpaired) electrons. The van der Waals surface area contributed by atoms with Gasteiger partial charge in [-0.05, 0) is 37.1 Å². The van der Waals surface area contributed by atoms with Gasteiger partial charge in [0.25, 0.3) is 17.5 Å². The summed E-state index contributed by atoms with van der Waals surface area (Å²) in [5.41, 5.74) is 11.2. The van der Waals surface area contributed by atoms with Crippen molar-refractivity contribution in [1.29, 1.82) is 0 Å². The predicted octanol–water partition coefficient (Wildman–Crippen LogP) is 1.13. The summed E-state index contributed by atoms with van der Waals surface area (Å²) in [6.07, 6.45) is 0.214. The van der Waals surface area contributed by atoms with Crippen molar-refractivity contribution in [3.05, 3.63) is 75.8 Å². The number of nitro groups is 1. The molecule has 10 nitrogen and oxygen atoms in total. The van der Waals surface area contributed by atoms with Crippen LogP contribution < -0.4 is 22.1 Å². The second-order valence-corrected chi connectivity index (χ2v) is 6.12. The zero-order chi connectivity index (χ0) is 21.2. The Morgan fingerprint density at radius 1 is 0.966 bits per heavy atom. The average molecular weight is 398 g/mol. The van der Waals surface area contributed by atoms with E-state index in [-0.39, 0.29) is 23.1 Å². The highest BCUT2D eigenvalue weighted by molar-refractivity contribution is 5.96. The number of nitrogens with zero attached hydrogens (tertiary/aromatic N) is 2. The summed E-state index contributed by atoms with van der Waals surface area (Å²) in [6, 6.07) is 13.8. The van der Waals surface area contributed by atoms with Crippen molar-refractivity contribution in [3.63, 3.8) is 0 Å². The molecule has 0 spiro atoms. The summed E-state index contributed by atoms with van der Waals surface area (Å²) in [6.45, 7) is 0.341. The number of amides is 2. The fraction of sp³-hybridized carbons (Fsp3) is 0.211. The van der Waals surface area contributed by atoms with Crippen molar-refractivity contribution in [2.45, 2.75) is 19.0 Å². The third-order valence-electron chi connectivity index (χ3n) is 3.93. The lowest BCUT2D eigenvalue weighted by molar-refractivity contribution is -0.384. The number of hydrogen-bond acceptors (Lipinski definition) is 5. The molecule has 1 atom stereocenters. The molecule has 152 valence electrons. The lowest BCUT2D eigenvalue weighted by Gasteiger charge is -2.20. The zero-order valence-electron chi connectivity index (χ0n) is 15.6. The summed E-state index contributed by atoms with van der Waals surface area (Å²) in [7, 11) is 0. The molecule has 0 saturated heterocycles. The lowest BCUT2D eigenvalue weighted by Crippen LogP contribution is -2.48. The van der Waals surface area contributed by atoms with Crippen molar-refractivity contribution in [1.82, 2.24) is 10.6 Å². The highest BCUT2D eigenvalue weighted by Gasteiger charge is 2.17. The molecule has 0 saturated carbocycles. The Hall–Kier alpha value is -3.95. The van der Waals surface area contributed by atoms with Gasteiger partial charge in [-0.25, -0.2) is 0 Å². The first-order valence-corrected chi connectivity index (χ1v) is 8.83. The predicted molar refractivity (Wildman–Crippen MR) is 108 cm³/mol. The number of non-ortho nitro benzene ring substituents is 1. The maximum Gasteiger partial charge on any atom is 0.269 e. The van der Waals surface area contributed by atoms with Gasteiger partial charge in [-0.1, -0.05) is 18.2 Å². The van der Waals surface area contributed by atoms with E-state index in [1.165, 1.54) is 24.3 Å². The third-order valence-corrected chi connectivity index (χ3v) is 3.93. The van der Waals surface area contributed by atoms with Crippen LogP contribution in [0.25, 0.3) is 0 Å². The topological polar surface area (TPSA) is 166 Å². The lowest BCUT2D eigenvalue weighted by atomic mass is 10.1. The number of nitro benzene ring substituents is 1. The van der Waals surface area contributed by atoms with E-state index in [0.29, 0.717) is 24.9 Å². The second-order valence-electron chi connectivity index (χ2n) is 6.12. The first kappa shape index (κ1) is 21.4. The molecule has 1 unspecified atom stereocenters. The van der Waals surface area contributed by atoms with Crippen LogP contribution >= 0.6 is 0 Å². The van der Waals surface area contributed by atoms with E-state index in [4.69, 9.17) is 11.5 Å². The van der Waals surface area contributed by atoms with Crippen LogP contribution in [0.3, 0.4) is 0 Å². The first-order valence-electron chi connectivity index (χ1n) is 8.83. The van der Waals surface area contributed by atoms with E-state index >= 15 is 0 Å². The molecule has 0 heterocycles. The third kappa shape index (κ3) is 6.94. The van der Waals surface area contributed by atoms with E-state index in [9.17, 15) is 19.7 Å². The van der Waals surface area contributed by atoms with E-state index in [0.717, 1.165) is 0 Å². The van der Waals surface area contributed by atoms with Crippen LogP contribution in [-0.4, -0.2) is 35.4 Å². The zero-order valence-corrected chi connectivity index (χ0v) is 15.6. The molecule has 2 aromatic rings. The fourth-order valence-corrected chi connectivity index (χ4v) is 2.49. The average Bonchev–Trinajstić information content (AvgIpc) is 2.71. The number of aliphatic imine (C=N–C) groups is 1. The number of carbonyl (C=O) groups excluding carboxylic acids is 2. The molecule has 0 aliphatic carbocycles. The van der Waals surface area contributed by atoms with Crippen LogP contribution in [0.15, 0.2) is 59.6 Å². The molecular formula is C19H22N6O4. The molecule has 0 aromatic heterocycles. The largest absolute Gasteiger partial charge is 0.370 e. The van der Waals surface area contributed by atoms with Crippen LogP contribution in [-0.2, 0) is 0 Å². The van der Waals surface area contributed by atoms with Gasteiger partial charge < -0.3 is 22.1 Å². The Morgan fingerprint density at radius 2 is 1.52 bits per heavy atom. The standard InChI is InChI=1S/C19H22N6O4/c20-19(21)22-12-4-7-16(23-17(26)13-5-2-1-3-6-13)24-18(27)14-8-10-15(11-9-14)25(28)29/h1-3,5-6,8-11,16H,4,7,12H2,(H,23,26)(H,24,27)(H4,20,21,22). The van der Waals surface area contributed by atoms with Crippen LogP contribution in [0, 0.1) is 10.1 Å². The van der Waals surface area contributed by atoms with Gasteiger partial charge in [0.2, 0.25) is 0 Å². The molecule has 2 rings (SSSR count). The van der Waals surface area contributed by atoms with Gasteiger partial charge in [0.1, 0.15) is 6.17 Å². The number of guanidine groups is 1. The first-order chi connectivity index (χ1) is 13.9. The molecular weight excluding hydrogens is 376 g/mol. The normalized spacial score (nSPS) is 11.2. The highest BCUT2D eigenvalue weighted by atomic mass is 16.6. The van der Waals surface area contributed by atoms with Crippen molar-refractivity contribution < 1.29 is 14.5 Å². The smallest absolute Gasteiger partial charge is 0.269 e. The summed E-state index contributed by atoms with van der Waals surface area (Å²) in [5, 5.41) is 16.2. The minimum absolute atomic E-state index is 0.0372. The summed E-state index contributed by atoms with van der Waals surface area (Å²) in [5.74, 6) is -0.855. The number of rotatable bonds is 9. The quantitative estimate of drug-likeness (QED) is 0.123. The van der Waals surface area contributed by atoms with E-state index < -0.39 is 17.0 Å². The maximum atomic E-state index is 12.5. The minimum atomic E-state index is -0.681. The van der Waals surface area contributed by atoms with Gasteiger partial charge in [-0.3, -0.25) is 24.7 Å². The summed E-state index contributed by atoms with van der Waals surface area (Å²) >= 11 is 0. The summed E-state index contributed by atoms with van der Waals surface area (Å²) < 4.78 is 0. The number of hydrogen-bond donors (Lipinski definition) is 4. The SMILES string of the molecule is NC(N)=NCCCC(NC(=O)c1ccccc1)NC(=O)c1ccc([N+](=O)[O-])cc1. The molecule has 0 fully saturated rings. The van der Waals surface area contributed by atoms with E-state index in [1.807, 2.05) is 0 Å². The van der Waals surface area contributed by atoms with Crippen LogP contribution in [0.1, 0.15) is 33.6 Å². The Morgan fingerprint density at radius 3 is 2.03 bits per heavy atom. The molecule has 10 heteroatoms. The van der Waals surface area contributed by atoms with Crippen molar-refractivity contribution in [2.75, 3.05) is 6.54 Å². The van der Waals surface area contributed by atoms with Crippen LogP contribution in [0.2, 0.25) is 0 Å². The molecule has 0 bridgehead atoms. The van der Waals surface area contributed by atoms with Gasteiger partial charge >= 0.3 is 0 Å². The number of carbonyl (C=O) groups is 2. The van der Waals surface area contributed by atoms with Gasteiger partial charge in [0.05, 0.1) is 4.92 Å². The number of benzene rings is 2. The molecule has 29 heavy (non-hydrogen) atoms. The van der Waals surface area contributed by atoms with Crippen molar-refractivity contribution in [3.8, 4) is 0 Å². The second kappa shape index (κ2) is 10.4. The van der Waals surface area contributed by atoms with Crippen LogP contribution in [0.4, 0.5) is 5.69 Å². The minimum Gasteiger partial charge on any atom is -0.370 e. The van der Waals surface area contributed by atoms with Crippen molar-refractivity contribution in [2.24, 2.45) is 16.5 Å². The maximum absolute atomic E-state index is 12.5. The molecule has 0 aliphatic heterocycles. The Bertz CT molecular complexity index is 879. The van der Waals surface area contributed by atoms with Crippen molar-refractivity contribution >= 4 is 23.5 Å². The monoisotopic (exact) mass is 398 g/mol. The summed E-state index contributed by atoms with van der Waals surface area (Å²) in [4.78, 5) is 39.0. The van der Waals surface area contributed by atoms with Crippen LogP contribution in [0.5, 0.6) is 0 Å². The molecule has 2 amide bonds. The van der Waals surface area contributed by atoms with Gasteiger partial charge in [0, 0.05) is 29.8 Å². The molecule has 2 aromatic carbocycles. The highest BCUT2D eigenvalue weighted by Crippen LogP contribution is 2.12. The number of nitrogens with two attached hydrogens (primary N) is 2.